The number of rotatable bonds is 5. The summed E-state index contributed by atoms with van der Waals surface area (Å²) in [6, 6.07) is 5.88. The lowest BCUT2D eigenvalue weighted by Crippen LogP contribution is -2.29. The number of nitrogens with two attached hydrogens (primary N) is 1. The van der Waals surface area contributed by atoms with E-state index in [-0.39, 0.29) is 5.91 Å². The molecule has 0 aliphatic carbocycles. The van der Waals surface area contributed by atoms with Gasteiger partial charge in [-0.2, -0.15) is 0 Å². The summed E-state index contributed by atoms with van der Waals surface area (Å²) in [7, 11) is 3.72. The number of fused-ring (bicyclic) bond motifs is 1. The van der Waals surface area contributed by atoms with E-state index in [1.54, 1.807) is 4.90 Å². The third kappa shape index (κ3) is 3.13. The molecular formula is C14H18BrN3OS. The molecule has 3 N–H and O–H groups in total. The summed E-state index contributed by atoms with van der Waals surface area (Å²) >= 11 is 4.89. The Morgan fingerprint density at radius 3 is 2.95 bits per heavy atom. The molecule has 4 nitrogen and oxygen atoms in total. The Bertz CT molecular complexity index is 626. The number of anilines is 1. The molecule has 0 saturated heterocycles. The number of thiophene rings is 1. The fourth-order valence-electron chi connectivity index (χ4n) is 2.02. The average molecular weight is 356 g/mol. The Labute approximate surface area is 131 Å². The van der Waals surface area contributed by atoms with Crippen LogP contribution in [0.2, 0.25) is 0 Å². The van der Waals surface area contributed by atoms with Crippen LogP contribution in [0.3, 0.4) is 0 Å². The van der Waals surface area contributed by atoms with Crippen molar-refractivity contribution in [3.8, 4) is 0 Å². The van der Waals surface area contributed by atoms with Crippen molar-refractivity contribution < 1.29 is 4.79 Å². The van der Waals surface area contributed by atoms with Crippen molar-refractivity contribution >= 4 is 48.9 Å². The number of nitrogens with one attached hydrogen (secondary N) is 1. The predicted molar refractivity (Wildman–Crippen MR) is 89.4 cm³/mol. The number of carbonyl (C=O) groups is 1. The molecule has 1 amide bonds. The highest BCUT2D eigenvalue weighted by Gasteiger charge is 2.19. The van der Waals surface area contributed by atoms with E-state index in [1.165, 1.54) is 11.3 Å². The largest absolute Gasteiger partial charge is 0.397 e. The lowest BCUT2D eigenvalue weighted by atomic mass is 10.2. The topological polar surface area (TPSA) is 58.4 Å². The Balaban J connectivity index is 2.23. The number of nitrogens with zero attached hydrogens (tertiary/aromatic N) is 1. The van der Waals surface area contributed by atoms with Gasteiger partial charge in [0.1, 0.15) is 4.88 Å². The maximum atomic E-state index is 12.4. The number of halogens is 1. The van der Waals surface area contributed by atoms with Crippen LogP contribution in [0.4, 0.5) is 5.69 Å². The molecule has 0 unspecified atom stereocenters. The summed E-state index contributed by atoms with van der Waals surface area (Å²) in [6.45, 7) is 1.61. The van der Waals surface area contributed by atoms with Crippen molar-refractivity contribution in [1.82, 2.24) is 10.2 Å². The zero-order valence-electron chi connectivity index (χ0n) is 11.6. The van der Waals surface area contributed by atoms with Crippen LogP contribution in [0.5, 0.6) is 0 Å². The minimum absolute atomic E-state index is 0.00377. The van der Waals surface area contributed by atoms with E-state index in [1.807, 2.05) is 32.3 Å². The summed E-state index contributed by atoms with van der Waals surface area (Å²) in [4.78, 5) is 14.8. The van der Waals surface area contributed by atoms with Crippen molar-refractivity contribution in [3.63, 3.8) is 0 Å². The standard InChI is InChI=1S/C14H18BrN3OS/c1-17-6-3-7-18(2)14(19)13-12(16)10-5-4-9(15)8-11(10)20-13/h4-5,8,17H,3,6-7,16H2,1-2H3. The van der Waals surface area contributed by atoms with E-state index in [9.17, 15) is 4.79 Å². The van der Waals surface area contributed by atoms with Crippen LogP contribution < -0.4 is 11.1 Å². The van der Waals surface area contributed by atoms with Crippen molar-refractivity contribution in [2.45, 2.75) is 6.42 Å². The average Bonchev–Trinajstić information content (AvgIpc) is 2.74. The van der Waals surface area contributed by atoms with Crippen LogP contribution >= 0.6 is 27.3 Å². The first-order valence-corrected chi connectivity index (χ1v) is 8.03. The van der Waals surface area contributed by atoms with Gasteiger partial charge in [-0.3, -0.25) is 4.79 Å². The van der Waals surface area contributed by atoms with Crippen LogP contribution in [0.1, 0.15) is 16.1 Å². The Morgan fingerprint density at radius 1 is 1.50 bits per heavy atom. The molecule has 6 heteroatoms. The number of amides is 1. The molecule has 2 aromatic rings. The van der Waals surface area contributed by atoms with Gasteiger partial charge >= 0.3 is 0 Å². The van der Waals surface area contributed by atoms with Crippen molar-refractivity contribution in [1.29, 1.82) is 0 Å². The van der Waals surface area contributed by atoms with Gasteiger partial charge in [-0.1, -0.05) is 22.0 Å². The predicted octanol–water partition coefficient (Wildman–Crippen LogP) is 2.93. The summed E-state index contributed by atoms with van der Waals surface area (Å²) in [5.41, 5.74) is 6.70. The molecule has 2 rings (SSSR count). The normalized spacial score (nSPS) is 10.9. The number of nitrogen functional groups attached to an aromatic ring is 1. The van der Waals surface area contributed by atoms with E-state index >= 15 is 0 Å². The van der Waals surface area contributed by atoms with Gasteiger partial charge in [-0.05, 0) is 32.1 Å². The zero-order valence-corrected chi connectivity index (χ0v) is 14.0. The summed E-state index contributed by atoms with van der Waals surface area (Å²) < 4.78 is 2.02. The molecule has 108 valence electrons. The van der Waals surface area contributed by atoms with Gasteiger partial charge in [0.15, 0.2) is 0 Å². The minimum Gasteiger partial charge on any atom is -0.397 e. The quantitative estimate of drug-likeness (QED) is 0.810. The van der Waals surface area contributed by atoms with Crippen LogP contribution in [0.15, 0.2) is 22.7 Å². The van der Waals surface area contributed by atoms with Gasteiger partial charge in [-0.25, -0.2) is 0 Å². The number of hydrogen-bond acceptors (Lipinski definition) is 4. The fraction of sp³-hybridized carbons (Fsp3) is 0.357. The van der Waals surface area contributed by atoms with E-state index in [0.717, 1.165) is 34.1 Å². The van der Waals surface area contributed by atoms with Gasteiger partial charge in [0.2, 0.25) is 0 Å². The molecule has 0 fully saturated rings. The van der Waals surface area contributed by atoms with Crippen molar-refractivity contribution in [2.75, 3.05) is 32.9 Å². The third-order valence-electron chi connectivity index (χ3n) is 3.15. The van der Waals surface area contributed by atoms with Gasteiger partial charge in [-0.15, -0.1) is 11.3 Å². The number of benzene rings is 1. The molecule has 1 heterocycles. The van der Waals surface area contributed by atoms with E-state index in [4.69, 9.17) is 5.73 Å². The molecule has 0 aliphatic rings. The molecule has 20 heavy (non-hydrogen) atoms. The maximum absolute atomic E-state index is 12.4. The molecule has 1 aromatic heterocycles. The molecule has 0 spiro atoms. The second-order valence-electron chi connectivity index (χ2n) is 4.67. The highest BCUT2D eigenvalue weighted by Crippen LogP contribution is 2.35. The Hall–Kier alpha value is -1.11. The Kier molecular flexibility index (Phi) is 5.01. The Morgan fingerprint density at radius 2 is 2.25 bits per heavy atom. The second-order valence-corrected chi connectivity index (χ2v) is 6.64. The molecule has 0 bridgehead atoms. The van der Waals surface area contributed by atoms with Crippen LogP contribution in [0.25, 0.3) is 10.1 Å². The molecule has 0 saturated carbocycles. The first kappa shape index (κ1) is 15.3. The van der Waals surface area contributed by atoms with Crippen molar-refractivity contribution in [3.05, 3.63) is 27.5 Å². The summed E-state index contributed by atoms with van der Waals surface area (Å²) in [6.07, 6.45) is 0.926. The van der Waals surface area contributed by atoms with E-state index < -0.39 is 0 Å². The monoisotopic (exact) mass is 355 g/mol. The smallest absolute Gasteiger partial charge is 0.265 e. The summed E-state index contributed by atoms with van der Waals surface area (Å²) in [5.74, 6) is -0.00377. The van der Waals surface area contributed by atoms with Crippen molar-refractivity contribution in [2.24, 2.45) is 0 Å². The highest BCUT2D eigenvalue weighted by molar-refractivity contribution is 9.10. The molecule has 1 aromatic carbocycles. The molecule has 0 atom stereocenters. The van der Waals surface area contributed by atoms with Gasteiger partial charge in [0.25, 0.3) is 5.91 Å². The third-order valence-corrected chi connectivity index (χ3v) is 4.80. The van der Waals surface area contributed by atoms with E-state index in [0.29, 0.717) is 10.6 Å². The minimum atomic E-state index is -0.00377. The van der Waals surface area contributed by atoms with Crippen LogP contribution in [-0.2, 0) is 0 Å². The number of carbonyl (C=O) groups excluding carboxylic acids is 1. The second kappa shape index (κ2) is 6.56. The molecule has 0 radical (unpaired) electrons. The molecular weight excluding hydrogens is 338 g/mol. The lowest BCUT2D eigenvalue weighted by Gasteiger charge is -2.16. The SMILES string of the molecule is CNCCCN(C)C(=O)c1sc2cc(Br)ccc2c1N. The van der Waals surface area contributed by atoms with Crippen LogP contribution in [0, 0.1) is 0 Å². The fourth-order valence-corrected chi connectivity index (χ4v) is 3.69. The van der Waals surface area contributed by atoms with Gasteiger partial charge < -0.3 is 16.0 Å². The highest BCUT2D eigenvalue weighted by atomic mass is 79.9. The first-order valence-electron chi connectivity index (χ1n) is 6.42. The lowest BCUT2D eigenvalue weighted by molar-refractivity contribution is 0.0799. The number of hydrogen-bond donors (Lipinski definition) is 2. The van der Waals surface area contributed by atoms with Crippen LogP contribution in [-0.4, -0.2) is 38.0 Å². The summed E-state index contributed by atoms with van der Waals surface area (Å²) in [5, 5.41) is 4.02. The van der Waals surface area contributed by atoms with Gasteiger partial charge in [0, 0.05) is 28.2 Å². The van der Waals surface area contributed by atoms with Gasteiger partial charge in [0.05, 0.1) is 5.69 Å². The maximum Gasteiger partial charge on any atom is 0.265 e. The zero-order chi connectivity index (χ0) is 14.7. The molecule has 0 aliphatic heterocycles. The first-order chi connectivity index (χ1) is 9.54. The van der Waals surface area contributed by atoms with E-state index in [2.05, 4.69) is 21.2 Å².